The van der Waals surface area contributed by atoms with E-state index in [1.165, 1.54) is 6.20 Å². The first kappa shape index (κ1) is 18.3. The maximum atomic E-state index is 14.7. The molecule has 28 heavy (non-hydrogen) atoms. The highest BCUT2D eigenvalue weighted by Gasteiger charge is 2.45. The third-order valence-corrected chi connectivity index (χ3v) is 5.06. The Hall–Kier alpha value is -3.02. The van der Waals surface area contributed by atoms with Gasteiger partial charge in [0.1, 0.15) is 12.4 Å². The molecule has 0 saturated heterocycles. The van der Waals surface area contributed by atoms with Gasteiger partial charge in [0.25, 0.3) is 0 Å². The Kier molecular flexibility index (Phi) is 4.94. The van der Waals surface area contributed by atoms with Crippen LogP contribution in [-0.4, -0.2) is 11.5 Å². The van der Waals surface area contributed by atoms with Gasteiger partial charge >= 0.3 is 0 Å². The van der Waals surface area contributed by atoms with Crippen molar-refractivity contribution in [3.05, 3.63) is 101 Å². The third kappa shape index (κ3) is 3.09. The third-order valence-electron chi connectivity index (χ3n) is 5.06. The maximum Gasteiger partial charge on any atom is 0.237 e. The van der Waals surface area contributed by atoms with Crippen LogP contribution < -0.4 is 10.4 Å². The molecular formula is C23H23FN3O+. The van der Waals surface area contributed by atoms with E-state index in [4.69, 9.17) is 10.6 Å². The number of quaternary nitrogens is 1. The van der Waals surface area contributed by atoms with Crippen molar-refractivity contribution in [3.8, 4) is 0 Å². The van der Waals surface area contributed by atoms with E-state index < -0.39 is 11.9 Å². The highest BCUT2D eigenvalue weighted by molar-refractivity contribution is 5.74. The minimum absolute atomic E-state index is 0.0496. The largest absolute Gasteiger partial charge is 0.352 e. The molecule has 0 amide bonds. The minimum Gasteiger partial charge on any atom is -0.352 e. The monoisotopic (exact) mass is 376 g/mol. The Balaban J connectivity index is 1.86. The lowest BCUT2D eigenvalue weighted by Crippen LogP contribution is -2.50. The molecule has 3 aromatic rings. The zero-order chi connectivity index (χ0) is 19.6. The number of hydroxylamine groups is 2. The topological polar surface area (TPSA) is 48.1 Å². The number of aromatic nitrogens is 1. The van der Waals surface area contributed by atoms with Crippen molar-refractivity contribution >= 4 is 11.8 Å². The van der Waals surface area contributed by atoms with Crippen molar-refractivity contribution < 1.29 is 9.23 Å². The summed E-state index contributed by atoms with van der Waals surface area (Å²) >= 11 is 0. The lowest BCUT2D eigenvalue weighted by atomic mass is 10.0. The summed E-state index contributed by atoms with van der Waals surface area (Å²) in [6, 6.07) is 19.3. The van der Waals surface area contributed by atoms with Crippen LogP contribution in [0.4, 0.5) is 10.1 Å². The lowest BCUT2D eigenvalue weighted by Gasteiger charge is -2.35. The van der Waals surface area contributed by atoms with Crippen LogP contribution in [0.25, 0.3) is 6.08 Å². The van der Waals surface area contributed by atoms with Crippen molar-refractivity contribution in [3.63, 3.8) is 0 Å². The van der Waals surface area contributed by atoms with Crippen molar-refractivity contribution in [1.29, 1.82) is 0 Å². The maximum absolute atomic E-state index is 14.7. The van der Waals surface area contributed by atoms with E-state index in [9.17, 15) is 4.39 Å². The molecule has 2 N–H and O–H groups in total. The highest BCUT2D eigenvalue weighted by atomic mass is 19.1. The van der Waals surface area contributed by atoms with Crippen molar-refractivity contribution in [2.75, 3.05) is 6.54 Å². The Morgan fingerprint density at radius 1 is 1.07 bits per heavy atom. The summed E-state index contributed by atoms with van der Waals surface area (Å²) in [5.41, 5.74) is 9.78. The first-order valence-electron chi connectivity index (χ1n) is 9.44. The summed E-state index contributed by atoms with van der Waals surface area (Å²) in [4.78, 5) is 10.6. The van der Waals surface area contributed by atoms with Crippen molar-refractivity contribution in [2.24, 2.45) is 5.73 Å². The number of pyridine rings is 1. The van der Waals surface area contributed by atoms with Crippen LogP contribution in [-0.2, 0) is 4.84 Å². The van der Waals surface area contributed by atoms with Gasteiger partial charge < -0.3 is 5.73 Å². The van der Waals surface area contributed by atoms with E-state index in [2.05, 4.69) is 11.9 Å². The van der Waals surface area contributed by atoms with Crippen LogP contribution in [0.5, 0.6) is 0 Å². The average molecular weight is 376 g/mol. The molecule has 0 bridgehead atoms. The molecule has 2 unspecified atom stereocenters. The fourth-order valence-corrected chi connectivity index (χ4v) is 3.78. The van der Waals surface area contributed by atoms with Crippen molar-refractivity contribution in [1.82, 2.24) is 9.63 Å². The number of benzene rings is 2. The molecule has 0 radical (unpaired) electrons. The van der Waals surface area contributed by atoms with Gasteiger partial charge in [0.15, 0.2) is 11.8 Å². The van der Waals surface area contributed by atoms with Crippen LogP contribution in [0, 0.1) is 5.82 Å². The van der Waals surface area contributed by atoms with E-state index in [0.717, 1.165) is 23.2 Å². The van der Waals surface area contributed by atoms with Crippen LogP contribution in [0.15, 0.2) is 78.9 Å². The van der Waals surface area contributed by atoms with Crippen LogP contribution in [0.2, 0.25) is 0 Å². The lowest BCUT2D eigenvalue weighted by molar-refractivity contribution is -0.152. The normalized spacial score (nSPS) is 19.1. The molecule has 4 rings (SSSR count). The minimum atomic E-state index is -0.631. The summed E-state index contributed by atoms with van der Waals surface area (Å²) in [6.07, 6.45) is 4.96. The fourth-order valence-electron chi connectivity index (χ4n) is 3.78. The van der Waals surface area contributed by atoms with Gasteiger partial charge in [0.2, 0.25) is 5.82 Å². The van der Waals surface area contributed by atoms with Gasteiger partial charge in [-0.2, -0.15) is 4.84 Å². The van der Waals surface area contributed by atoms with Crippen LogP contribution in [0.1, 0.15) is 36.1 Å². The predicted molar refractivity (Wildman–Crippen MR) is 109 cm³/mol. The Morgan fingerprint density at radius 2 is 1.82 bits per heavy atom. The molecule has 0 spiro atoms. The van der Waals surface area contributed by atoms with Gasteiger partial charge in [-0.05, 0) is 24.1 Å². The number of halogens is 1. The molecule has 0 aliphatic carbocycles. The second-order valence-corrected chi connectivity index (χ2v) is 6.88. The van der Waals surface area contributed by atoms with Gasteiger partial charge in [0, 0.05) is 29.5 Å². The Labute approximate surface area is 164 Å². The molecule has 2 aromatic carbocycles. The van der Waals surface area contributed by atoms with E-state index in [1.807, 2.05) is 60.7 Å². The summed E-state index contributed by atoms with van der Waals surface area (Å²) in [5, 5.41) is 0. The Bertz CT molecular complexity index is 1010. The molecular weight excluding hydrogens is 353 g/mol. The molecule has 1 aliphatic heterocycles. The molecule has 142 valence electrons. The molecule has 0 saturated carbocycles. The highest BCUT2D eigenvalue weighted by Crippen LogP contribution is 2.43. The van der Waals surface area contributed by atoms with Gasteiger partial charge in [-0.3, -0.25) is 4.98 Å². The SMILES string of the molecule is CCC[N+]1(OC(c2ccccc2)c2ccncc2F)C(N)=Cc2ccccc21. The molecule has 2 heterocycles. The molecule has 0 fully saturated rings. The second kappa shape index (κ2) is 7.54. The summed E-state index contributed by atoms with van der Waals surface area (Å²) in [7, 11) is 0. The number of hydrogen-bond donors (Lipinski definition) is 1. The van der Waals surface area contributed by atoms with E-state index in [1.54, 1.807) is 12.3 Å². The number of rotatable bonds is 6. The number of fused-ring (bicyclic) bond motifs is 1. The Morgan fingerprint density at radius 3 is 2.57 bits per heavy atom. The molecule has 1 aliphatic rings. The number of nitrogens with two attached hydrogens (primary N) is 1. The first-order chi connectivity index (χ1) is 13.7. The van der Waals surface area contributed by atoms with Gasteiger partial charge in [-0.15, -0.1) is 4.65 Å². The number of nitrogens with zero attached hydrogens (tertiary/aromatic N) is 2. The molecule has 2 atom stereocenters. The quantitative estimate of drug-likeness (QED) is 0.621. The van der Waals surface area contributed by atoms with Crippen LogP contribution >= 0.6 is 0 Å². The van der Waals surface area contributed by atoms with Gasteiger partial charge in [-0.1, -0.05) is 49.4 Å². The van der Waals surface area contributed by atoms with Crippen LogP contribution in [0.3, 0.4) is 0 Å². The van der Waals surface area contributed by atoms with E-state index in [0.29, 0.717) is 17.9 Å². The van der Waals surface area contributed by atoms with Crippen molar-refractivity contribution in [2.45, 2.75) is 19.4 Å². The molecule has 4 nitrogen and oxygen atoms in total. The predicted octanol–water partition coefficient (Wildman–Crippen LogP) is 4.93. The van der Waals surface area contributed by atoms with E-state index >= 15 is 0 Å². The average Bonchev–Trinajstić information content (AvgIpc) is 2.99. The standard InChI is InChI=1S/C23H23FN3O/c1-2-14-27(21-11-7-6-10-18(21)15-22(27)25)28-23(17-8-4-3-5-9-17)19-12-13-26-16-20(19)24/h3-13,15-16,23H,2,14,25H2,1H3/q+1. The summed E-state index contributed by atoms with van der Waals surface area (Å²) < 4.78 is 14.8. The number of para-hydroxylation sites is 1. The molecule has 1 aromatic heterocycles. The smallest absolute Gasteiger partial charge is 0.237 e. The van der Waals surface area contributed by atoms with E-state index in [-0.39, 0.29) is 4.65 Å². The summed E-state index contributed by atoms with van der Waals surface area (Å²) in [5.74, 6) is 0.194. The summed E-state index contributed by atoms with van der Waals surface area (Å²) in [6.45, 7) is 2.73. The first-order valence-corrected chi connectivity index (χ1v) is 9.44. The number of hydrogen-bond acceptors (Lipinski definition) is 3. The van der Waals surface area contributed by atoms with Gasteiger partial charge in [0.05, 0.1) is 6.20 Å². The second-order valence-electron chi connectivity index (χ2n) is 6.88. The van der Waals surface area contributed by atoms with Gasteiger partial charge in [-0.25, -0.2) is 4.39 Å². The zero-order valence-electron chi connectivity index (χ0n) is 15.8. The fraction of sp³-hybridized carbons (Fsp3) is 0.174. The molecule has 5 heteroatoms. The zero-order valence-corrected chi connectivity index (χ0v) is 15.8.